The molecular weight excluding hydrogens is 336 g/mol. The fourth-order valence-corrected chi connectivity index (χ4v) is 3.37. The molecule has 128 valence electrons. The highest BCUT2D eigenvalue weighted by atomic mass is 32.1. The van der Waals surface area contributed by atoms with E-state index in [0.717, 1.165) is 22.0 Å². The molecule has 3 amide bonds. The van der Waals surface area contributed by atoms with Gasteiger partial charge in [0, 0.05) is 24.3 Å². The second kappa shape index (κ2) is 7.36. The predicted octanol–water partition coefficient (Wildman–Crippen LogP) is 2.07. The van der Waals surface area contributed by atoms with E-state index < -0.39 is 0 Å². The number of nitrogens with one attached hydrogen (secondary N) is 2. The quantitative estimate of drug-likeness (QED) is 0.829. The van der Waals surface area contributed by atoms with Gasteiger partial charge in [0.25, 0.3) is 5.91 Å². The number of thiazole rings is 1. The highest BCUT2D eigenvalue weighted by Gasteiger charge is 2.20. The molecule has 0 bridgehead atoms. The van der Waals surface area contributed by atoms with Gasteiger partial charge in [0.1, 0.15) is 4.88 Å². The Bertz CT molecular complexity index is 861. The molecule has 7 heteroatoms. The van der Waals surface area contributed by atoms with Gasteiger partial charge in [-0.05, 0) is 38.1 Å². The number of urea groups is 1. The number of benzene rings is 1. The van der Waals surface area contributed by atoms with Crippen LogP contribution in [-0.4, -0.2) is 36.6 Å². The maximum atomic E-state index is 12.1. The standard InChI is InChI=1S/C18H18N4O2S/c1-12-16(25-13(2)21-12)17(23)19-9-3-4-14-5-7-15(8-6-14)22-11-10-20-18(22)24/h5-8H,9-11H2,1-2H3,(H,19,23)(H,20,24). The molecule has 0 aliphatic carbocycles. The maximum Gasteiger partial charge on any atom is 0.321 e. The highest BCUT2D eigenvalue weighted by Crippen LogP contribution is 2.17. The van der Waals surface area contributed by atoms with Gasteiger partial charge in [0.2, 0.25) is 0 Å². The van der Waals surface area contributed by atoms with Crippen molar-refractivity contribution in [1.82, 2.24) is 15.6 Å². The van der Waals surface area contributed by atoms with Crippen LogP contribution in [0.5, 0.6) is 0 Å². The molecule has 3 rings (SSSR count). The zero-order chi connectivity index (χ0) is 17.8. The lowest BCUT2D eigenvalue weighted by Gasteiger charge is -2.13. The lowest BCUT2D eigenvalue weighted by atomic mass is 10.2. The van der Waals surface area contributed by atoms with E-state index in [1.54, 1.807) is 4.90 Å². The Morgan fingerprint density at radius 1 is 1.36 bits per heavy atom. The van der Waals surface area contributed by atoms with Crippen molar-refractivity contribution in [3.63, 3.8) is 0 Å². The minimum Gasteiger partial charge on any atom is -0.340 e. The van der Waals surface area contributed by atoms with Gasteiger partial charge < -0.3 is 10.6 Å². The van der Waals surface area contributed by atoms with E-state index in [2.05, 4.69) is 27.5 Å². The smallest absolute Gasteiger partial charge is 0.321 e. The van der Waals surface area contributed by atoms with Crippen LogP contribution in [0.1, 0.15) is 25.9 Å². The molecular formula is C18H18N4O2S. The molecule has 1 fully saturated rings. The Morgan fingerprint density at radius 3 is 2.72 bits per heavy atom. The Hall–Kier alpha value is -2.85. The third kappa shape index (κ3) is 3.98. The van der Waals surface area contributed by atoms with Gasteiger partial charge in [-0.15, -0.1) is 11.3 Å². The van der Waals surface area contributed by atoms with Crippen molar-refractivity contribution in [1.29, 1.82) is 0 Å². The number of amides is 3. The topological polar surface area (TPSA) is 74.3 Å². The molecule has 0 radical (unpaired) electrons. The predicted molar refractivity (Wildman–Crippen MR) is 98.0 cm³/mol. The molecule has 0 unspecified atom stereocenters. The second-order valence-electron chi connectivity index (χ2n) is 5.56. The number of aryl methyl sites for hydroxylation is 2. The summed E-state index contributed by atoms with van der Waals surface area (Å²) in [6.45, 7) is 5.31. The van der Waals surface area contributed by atoms with Gasteiger partial charge in [0.15, 0.2) is 0 Å². The van der Waals surface area contributed by atoms with Crippen molar-refractivity contribution in [3.05, 3.63) is 45.4 Å². The van der Waals surface area contributed by atoms with E-state index >= 15 is 0 Å². The molecule has 0 spiro atoms. The van der Waals surface area contributed by atoms with Crippen LogP contribution < -0.4 is 15.5 Å². The first-order valence-electron chi connectivity index (χ1n) is 7.91. The average Bonchev–Trinajstić information content (AvgIpc) is 3.17. The van der Waals surface area contributed by atoms with Crippen LogP contribution in [0.25, 0.3) is 0 Å². The van der Waals surface area contributed by atoms with E-state index in [1.807, 2.05) is 38.1 Å². The monoisotopic (exact) mass is 354 g/mol. The molecule has 2 aromatic rings. The summed E-state index contributed by atoms with van der Waals surface area (Å²) in [7, 11) is 0. The van der Waals surface area contributed by atoms with E-state index in [1.165, 1.54) is 11.3 Å². The minimum absolute atomic E-state index is 0.0739. The van der Waals surface area contributed by atoms with Gasteiger partial charge in [0.05, 0.1) is 17.2 Å². The van der Waals surface area contributed by atoms with Crippen molar-refractivity contribution >= 4 is 29.0 Å². The van der Waals surface area contributed by atoms with Gasteiger partial charge in [-0.1, -0.05) is 11.8 Å². The Labute approximate surface area is 150 Å². The summed E-state index contributed by atoms with van der Waals surface area (Å²) >= 11 is 1.38. The number of carbonyl (C=O) groups excluding carboxylic acids is 2. The Morgan fingerprint density at radius 2 is 2.12 bits per heavy atom. The lowest BCUT2D eigenvalue weighted by Crippen LogP contribution is -2.27. The summed E-state index contributed by atoms with van der Waals surface area (Å²) in [5.74, 6) is 5.79. The largest absolute Gasteiger partial charge is 0.340 e. The van der Waals surface area contributed by atoms with E-state index in [0.29, 0.717) is 18.0 Å². The summed E-state index contributed by atoms with van der Waals surface area (Å²) in [5, 5.41) is 6.43. The molecule has 25 heavy (non-hydrogen) atoms. The number of aromatic nitrogens is 1. The van der Waals surface area contributed by atoms with Gasteiger partial charge in [-0.25, -0.2) is 9.78 Å². The molecule has 2 N–H and O–H groups in total. The van der Waals surface area contributed by atoms with Crippen LogP contribution in [0.4, 0.5) is 10.5 Å². The number of hydrogen-bond donors (Lipinski definition) is 2. The number of anilines is 1. The Balaban J connectivity index is 1.56. The molecule has 0 saturated carbocycles. The van der Waals surface area contributed by atoms with Crippen molar-refractivity contribution in [2.45, 2.75) is 13.8 Å². The first kappa shape index (κ1) is 17.0. The van der Waals surface area contributed by atoms with Crippen molar-refractivity contribution in [3.8, 4) is 11.8 Å². The zero-order valence-electron chi connectivity index (χ0n) is 14.0. The van der Waals surface area contributed by atoms with Crippen LogP contribution in [0.2, 0.25) is 0 Å². The molecule has 1 saturated heterocycles. The summed E-state index contributed by atoms with van der Waals surface area (Å²) in [4.78, 5) is 30.2. The van der Waals surface area contributed by atoms with E-state index in [-0.39, 0.29) is 18.5 Å². The molecule has 0 atom stereocenters. The second-order valence-corrected chi connectivity index (χ2v) is 6.77. The van der Waals surface area contributed by atoms with Crippen LogP contribution in [0.15, 0.2) is 24.3 Å². The molecule has 1 aliphatic heterocycles. The van der Waals surface area contributed by atoms with Crippen molar-refractivity contribution < 1.29 is 9.59 Å². The fourth-order valence-electron chi connectivity index (χ4n) is 2.54. The molecule has 1 aromatic carbocycles. The molecule has 2 heterocycles. The first-order chi connectivity index (χ1) is 12.0. The number of carbonyl (C=O) groups is 2. The lowest BCUT2D eigenvalue weighted by molar-refractivity contribution is 0.0962. The summed E-state index contributed by atoms with van der Waals surface area (Å²) < 4.78 is 0. The van der Waals surface area contributed by atoms with Crippen LogP contribution in [0.3, 0.4) is 0 Å². The van der Waals surface area contributed by atoms with E-state index in [4.69, 9.17) is 0 Å². The normalized spacial score (nSPS) is 13.2. The minimum atomic E-state index is -0.146. The molecule has 6 nitrogen and oxygen atoms in total. The third-order valence-corrected chi connectivity index (χ3v) is 4.79. The summed E-state index contributed by atoms with van der Waals surface area (Å²) in [6, 6.07) is 7.41. The summed E-state index contributed by atoms with van der Waals surface area (Å²) in [5.41, 5.74) is 2.43. The SMILES string of the molecule is Cc1nc(C)c(C(=O)NCC#Cc2ccc(N3CCNC3=O)cc2)s1. The Kier molecular flexibility index (Phi) is 5.00. The zero-order valence-corrected chi connectivity index (χ0v) is 14.9. The van der Waals surface area contributed by atoms with Crippen LogP contribution in [0, 0.1) is 25.7 Å². The van der Waals surface area contributed by atoms with Crippen LogP contribution >= 0.6 is 11.3 Å². The van der Waals surface area contributed by atoms with Gasteiger partial charge >= 0.3 is 6.03 Å². The van der Waals surface area contributed by atoms with Crippen LogP contribution in [-0.2, 0) is 0 Å². The van der Waals surface area contributed by atoms with Gasteiger partial charge in [-0.2, -0.15) is 0 Å². The summed E-state index contributed by atoms with van der Waals surface area (Å²) in [6.07, 6.45) is 0. The molecule has 1 aromatic heterocycles. The van der Waals surface area contributed by atoms with Gasteiger partial charge in [-0.3, -0.25) is 9.69 Å². The number of nitrogens with zero attached hydrogens (tertiary/aromatic N) is 2. The fraction of sp³-hybridized carbons (Fsp3) is 0.278. The number of rotatable bonds is 3. The van der Waals surface area contributed by atoms with E-state index in [9.17, 15) is 9.59 Å². The first-order valence-corrected chi connectivity index (χ1v) is 8.73. The highest BCUT2D eigenvalue weighted by molar-refractivity contribution is 7.13. The van der Waals surface area contributed by atoms with Crippen molar-refractivity contribution in [2.75, 3.05) is 24.5 Å². The third-order valence-electron chi connectivity index (χ3n) is 3.72. The average molecular weight is 354 g/mol. The maximum absolute atomic E-state index is 12.1. The molecule has 1 aliphatic rings. The number of hydrogen-bond acceptors (Lipinski definition) is 4. The van der Waals surface area contributed by atoms with Crippen molar-refractivity contribution in [2.24, 2.45) is 0 Å².